The first kappa shape index (κ1) is 14.3. The number of nitrogens with one attached hydrogen (secondary N) is 1. The topological polar surface area (TPSA) is 58.1 Å². The normalized spacial score (nSPS) is 19.9. The van der Waals surface area contributed by atoms with Crippen LogP contribution < -0.4 is 5.32 Å². The van der Waals surface area contributed by atoms with Gasteiger partial charge in [0.05, 0.1) is 11.7 Å². The number of amides is 1. The second kappa shape index (κ2) is 5.28. The van der Waals surface area contributed by atoms with Crippen LogP contribution in [0.2, 0.25) is 0 Å². The third-order valence-electron chi connectivity index (χ3n) is 4.44. The molecule has 0 atom stereocenters. The summed E-state index contributed by atoms with van der Waals surface area (Å²) in [5, 5.41) is 3.41. The summed E-state index contributed by atoms with van der Waals surface area (Å²) in [5.41, 5.74) is 1.05. The molecule has 1 aromatic heterocycles. The number of hydrogen-bond acceptors (Lipinski definition) is 4. The van der Waals surface area contributed by atoms with E-state index in [9.17, 15) is 4.79 Å². The van der Waals surface area contributed by atoms with Gasteiger partial charge in [-0.05, 0) is 12.8 Å². The molecule has 1 saturated carbocycles. The molecule has 0 unspecified atom stereocenters. The van der Waals surface area contributed by atoms with Crippen LogP contribution in [0.3, 0.4) is 0 Å². The van der Waals surface area contributed by atoms with Gasteiger partial charge in [0.2, 0.25) is 5.91 Å². The summed E-state index contributed by atoms with van der Waals surface area (Å²) in [6.07, 6.45) is 4.98. The molecular formula is C16H24N4O. The van der Waals surface area contributed by atoms with E-state index in [0.29, 0.717) is 17.9 Å². The Balaban J connectivity index is 1.53. The average Bonchev–Trinajstić information content (AvgIpc) is 2.30. The predicted molar refractivity (Wildman–Crippen MR) is 82.1 cm³/mol. The molecule has 1 N–H and O–H groups in total. The number of likely N-dealkylation sites (tertiary alicyclic amines) is 1. The molecule has 1 aliphatic carbocycles. The van der Waals surface area contributed by atoms with Crippen LogP contribution in [0.15, 0.2) is 12.4 Å². The molecule has 2 aliphatic rings. The zero-order valence-electron chi connectivity index (χ0n) is 13.1. The van der Waals surface area contributed by atoms with Crippen LogP contribution in [0.4, 0.5) is 5.82 Å². The fraction of sp³-hybridized carbons (Fsp3) is 0.688. The largest absolute Gasteiger partial charge is 0.364 e. The highest BCUT2D eigenvalue weighted by molar-refractivity contribution is 5.80. The lowest BCUT2D eigenvalue weighted by atomic mass is 9.83. The summed E-state index contributed by atoms with van der Waals surface area (Å²) in [6.45, 7) is 8.01. The van der Waals surface area contributed by atoms with E-state index in [1.807, 2.05) is 11.0 Å². The molecule has 114 valence electrons. The van der Waals surface area contributed by atoms with Crippen molar-refractivity contribution in [2.75, 3.05) is 18.4 Å². The quantitative estimate of drug-likeness (QED) is 0.926. The van der Waals surface area contributed by atoms with Gasteiger partial charge in [-0.1, -0.05) is 27.2 Å². The minimum Gasteiger partial charge on any atom is -0.364 e. The molecule has 5 heteroatoms. The SMILES string of the molecule is CC(C)(C)c1cc(NC2CN(C(=O)C3CCC3)C2)ncn1. The first-order valence-electron chi connectivity index (χ1n) is 7.81. The van der Waals surface area contributed by atoms with Gasteiger partial charge in [-0.25, -0.2) is 9.97 Å². The Morgan fingerprint density at radius 2 is 2.00 bits per heavy atom. The van der Waals surface area contributed by atoms with E-state index in [1.54, 1.807) is 6.33 Å². The van der Waals surface area contributed by atoms with Crippen LogP contribution >= 0.6 is 0 Å². The second-order valence-electron chi connectivity index (χ2n) is 7.25. The van der Waals surface area contributed by atoms with Gasteiger partial charge in [0.15, 0.2) is 0 Å². The van der Waals surface area contributed by atoms with Gasteiger partial charge >= 0.3 is 0 Å². The molecule has 21 heavy (non-hydrogen) atoms. The number of carbonyl (C=O) groups excluding carboxylic acids is 1. The highest BCUT2D eigenvalue weighted by Crippen LogP contribution is 2.30. The lowest BCUT2D eigenvalue weighted by Gasteiger charge is -2.43. The highest BCUT2D eigenvalue weighted by atomic mass is 16.2. The minimum absolute atomic E-state index is 0.0191. The smallest absolute Gasteiger partial charge is 0.225 e. The summed E-state index contributed by atoms with van der Waals surface area (Å²) in [4.78, 5) is 22.6. The van der Waals surface area contributed by atoms with Gasteiger partial charge < -0.3 is 10.2 Å². The van der Waals surface area contributed by atoms with Crippen molar-refractivity contribution in [3.63, 3.8) is 0 Å². The summed E-state index contributed by atoms with van der Waals surface area (Å²) >= 11 is 0. The van der Waals surface area contributed by atoms with Crippen molar-refractivity contribution < 1.29 is 4.79 Å². The number of aromatic nitrogens is 2. The van der Waals surface area contributed by atoms with Gasteiger partial charge in [-0.3, -0.25) is 4.79 Å². The molecule has 2 heterocycles. The summed E-state index contributed by atoms with van der Waals surface area (Å²) in [7, 11) is 0. The lowest BCUT2D eigenvalue weighted by molar-refractivity contribution is -0.142. The third kappa shape index (κ3) is 3.01. The van der Waals surface area contributed by atoms with Crippen molar-refractivity contribution in [1.29, 1.82) is 0 Å². The van der Waals surface area contributed by atoms with Crippen molar-refractivity contribution in [1.82, 2.24) is 14.9 Å². The molecule has 1 amide bonds. The van der Waals surface area contributed by atoms with E-state index in [4.69, 9.17) is 0 Å². The Hall–Kier alpha value is -1.65. The van der Waals surface area contributed by atoms with E-state index in [2.05, 4.69) is 36.1 Å². The monoisotopic (exact) mass is 288 g/mol. The summed E-state index contributed by atoms with van der Waals surface area (Å²) < 4.78 is 0. The van der Waals surface area contributed by atoms with Gasteiger partial charge in [0.25, 0.3) is 0 Å². The van der Waals surface area contributed by atoms with Crippen molar-refractivity contribution in [3.05, 3.63) is 18.1 Å². The van der Waals surface area contributed by atoms with Crippen molar-refractivity contribution >= 4 is 11.7 Å². The van der Waals surface area contributed by atoms with Crippen molar-refractivity contribution in [3.8, 4) is 0 Å². The Kier molecular flexibility index (Phi) is 3.59. The van der Waals surface area contributed by atoms with E-state index in [1.165, 1.54) is 6.42 Å². The van der Waals surface area contributed by atoms with E-state index in [-0.39, 0.29) is 5.41 Å². The fourth-order valence-corrected chi connectivity index (χ4v) is 2.72. The van der Waals surface area contributed by atoms with Crippen LogP contribution in [0, 0.1) is 5.92 Å². The average molecular weight is 288 g/mol. The summed E-state index contributed by atoms with van der Waals surface area (Å²) in [6, 6.07) is 2.33. The molecule has 2 fully saturated rings. The molecule has 1 aliphatic heterocycles. The number of carbonyl (C=O) groups is 1. The van der Waals surface area contributed by atoms with Crippen molar-refractivity contribution in [2.24, 2.45) is 5.92 Å². The van der Waals surface area contributed by atoms with E-state index >= 15 is 0 Å². The Morgan fingerprint density at radius 1 is 1.29 bits per heavy atom. The maximum atomic E-state index is 12.1. The van der Waals surface area contributed by atoms with Gasteiger partial charge in [0.1, 0.15) is 12.1 Å². The number of rotatable bonds is 3. The molecule has 3 rings (SSSR count). The molecule has 1 saturated heterocycles. The van der Waals surface area contributed by atoms with Crippen molar-refractivity contribution in [2.45, 2.75) is 51.5 Å². The maximum absolute atomic E-state index is 12.1. The zero-order chi connectivity index (χ0) is 15.0. The predicted octanol–water partition coefficient (Wildman–Crippen LogP) is 2.20. The number of hydrogen-bond donors (Lipinski definition) is 1. The van der Waals surface area contributed by atoms with E-state index < -0.39 is 0 Å². The second-order valence-corrected chi connectivity index (χ2v) is 7.25. The van der Waals surface area contributed by atoms with E-state index in [0.717, 1.165) is 37.4 Å². The molecule has 1 aromatic rings. The molecule has 0 spiro atoms. The molecule has 0 radical (unpaired) electrons. The maximum Gasteiger partial charge on any atom is 0.225 e. The molecule has 5 nitrogen and oxygen atoms in total. The lowest BCUT2D eigenvalue weighted by Crippen LogP contribution is -2.59. The Labute approximate surface area is 126 Å². The molecular weight excluding hydrogens is 264 g/mol. The third-order valence-corrected chi connectivity index (χ3v) is 4.44. The first-order valence-corrected chi connectivity index (χ1v) is 7.81. The van der Waals surface area contributed by atoms with Crippen LogP contribution in [0.1, 0.15) is 45.7 Å². The van der Waals surface area contributed by atoms with Crippen LogP contribution in [0.5, 0.6) is 0 Å². The minimum atomic E-state index is 0.0191. The van der Waals surface area contributed by atoms with Gasteiger partial charge in [-0.15, -0.1) is 0 Å². The van der Waals surface area contributed by atoms with Crippen LogP contribution in [-0.4, -0.2) is 39.9 Å². The Bertz CT molecular complexity index is 527. The first-order chi connectivity index (χ1) is 9.93. The standard InChI is InChI=1S/C16H24N4O/c1-16(2,3)13-7-14(18-10-17-13)19-12-8-20(9-12)15(21)11-5-4-6-11/h7,10-12H,4-6,8-9H2,1-3H3,(H,17,18,19). The van der Waals surface area contributed by atoms with Crippen LogP contribution in [-0.2, 0) is 10.2 Å². The van der Waals surface area contributed by atoms with Gasteiger partial charge in [-0.2, -0.15) is 0 Å². The number of nitrogens with zero attached hydrogens (tertiary/aromatic N) is 3. The highest BCUT2D eigenvalue weighted by Gasteiger charge is 2.36. The van der Waals surface area contributed by atoms with Crippen LogP contribution in [0.25, 0.3) is 0 Å². The number of anilines is 1. The molecule has 0 bridgehead atoms. The fourth-order valence-electron chi connectivity index (χ4n) is 2.72. The molecule has 0 aromatic carbocycles. The Morgan fingerprint density at radius 3 is 2.57 bits per heavy atom. The summed E-state index contributed by atoms with van der Waals surface area (Å²) in [5.74, 6) is 1.51. The zero-order valence-corrected chi connectivity index (χ0v) is 13.1. The van der Waals surface area contributed by atoms with Gasteiger partial charge in [0, 0.05) is 30.5 Å².